The molecule has 3 nitrogen and oxygen atoms in total. The highest BCUT2D eigenvalue weighted by Crippen LogP contribution is 2.39. The first-order valence-electron chi connectivity index (χ1n) is 7.42. The first-order valence-corrected chi connectivity index (χ1v) is 9.01. The third kappa shape index (κ3) is 4.07. The predicted molar refractivity (Wildman–Crippen MR) is 99.8 cm³/mol. The third-order valence-electron chi connectivity index (χ3n) is 4.31. The fraction of sp³-hybridized carbons (Fsp3) is 0.500. The fourth-order valence-corrected chi connectivity index (χ4v) is 3.64. The van der Waals surface area contributed by atoms with Crippen LogP contribution in [0.3, 0.4) is 0 Å². The summed E-state index contributed by atoms with van der Waals surface area (Å²) in [6.45, 7) is 8.69. The molecule has 1 heterocycles. The number of likely N-dealkylation sites (N-methyl/N-ethyl adjacent to an activating group) is 1. The Morgan fingerprint density at radius 2 is 1.65 bits per heavy atom. The van der Waals surface area contributed by atoms with Gasteiger partial charge in [-0.1, -0.05) is 37.9 Å². The van der Waals surface area contributed by atoms with Crippen LogP contribution in [0.2, 0.25) is 0 Å². The molecule has 0 unspecified atom stereocenters. The molecule has 1 saturated heterocycles. The SMILES string of the molecule is CNCC(=Cc1c(Br)cc(F)cc1Br)B1OC(C)(C)C(C)(C)O1. The molecule has 7 heteroatoms. The van der Waals surface area contributed by atoms with Crippen LogP contribution < -0.4 is 5.32 Å². The molecular formula is C16H21BBr2FNO2. The van der Waals surface area contributed by atoms with Crippen LogP contribution in [0.25, 0.3) is 6.08 Å². The Labute approximate surface area is 154 Å². The zero-order valence-electron chi connectivity index (χ0n) is 14.0. The molecule has 0 aromatic heterocycles. The van der Waals surface area contributed by atoms with E-state index < -0.39 is 18.3 Å². The zero-order valence-corrected chi connectivity index (χ0v) is 17.1. The van der Waals surface area contributed by atoms with Crippen molar-refractivity contribution >= 4 is 45.1 Å². The molecule has 1 aliphatic rings. The second-order valence-electron chi connectivity index (χ2n) is 6.62. The maximum Gasteiger partial charge on any atom is 0.491 e. The lowest BCUT2D eigenvalue weighted by molar-refractivity contribution is 0.00578. The van der Waals surface area contributed by atoms with Gasteiger partial charge in [0.2, 0.25) is 0 Å². The molecule has 1 fully saturated rings. The van der Waals surface area contributed by atoms with Gasteiger partial charge in [-0.25, -0.2) is 4.39 Å². The largest absolute Gasteiger partial charge is 0.491 e. The van der Waals surface area contributed by atoms with Crippen LogP contribution in [0, 0.1) is 5.82 Å². The van der Waals surface area contributed by atoms with Gasteiger partial charge in [-0.15, -0.1) is 0 Å². The number of hydrogen-bond donors (Lipinski definition) is 1. The first-order chi connectivity index (χ1) is 10.6. The normalized spacial score (nSPS) is 20.2. The van der Waals surface area contributed by atoms with E-state index >= 15 is 0 Å². The van der Waals surface area contributed by atoms with Crippen molar-refractivity contribution in [3.8, 4) is 0 Å². The Morgan fingerprint density at radius 3 is 2.09 bits per heavy atom. The Hall–Kier alpha value is -0.205. The second-order valence-corrected chi connectivity index (χ2v) is 8.33. The van der Waals surface area contributed by atoms with Crippen molar-refractivity contribution in [3.63, 3.8) is 0 Å². The fourth-order valence-electron chi connectivity index (χ4n) is 2.28. The van der Waals surface area contributed by atoms with Gasteiger partial charge in [0.1, 0.15) is 5.82 Å². The zero-order chi connectivity index (χ0) is 17.4. The van der Waals surface area contributed by atoms with Crippen molar-refractivity contribution in [2.24, 2.45) is 0 Å². The van der Waals surface area contributed by atoms with Gasteiger partial charge in [0, 0.05) is 21.1 Å². The molecule has 0 saturated carbocycles. The minimum absolute atomic E-state index is 0.299. The van der Waals surface area contributed by atoms with Gasteiger partial charge in [-0.2, -0.15) is 0 Å². The van der Waals surface area contributed by atoms with E-state index in [9.17, 15) is 4.39 Å². The molecule has 1 N–H and O–H groups in total. The van der Waals surface area contributed by atoms with E-state index in [1.165, 1.54) is 12.1 Å². The summed E-state index contributed by atoms with van der Waals surface area (Å²) in [4.78, 5) is 0. The van der Waals surface area contributed by atoms with E-state index in [2.05, 4.69) is 37.2 Å². The summed E-state index contributed by atoms with van der Waals surface area (Å²) in [5.74, 6) is -0.299. The summed E-state index contributed by atoms with van der Waals surface area (Å²) in [6, 6.07) is 2.88. The van der Waals surface area contributed by atoms with Crippen LogP contribution in [0.1, 0.15) is 33.3 Å². The summed E-state index contributed by atoms with van der Waals surface area (Å²) in [7, 11) is 1.42. The van der Waals surface area contributed by atoms with E-state index in [0.717, 1.165) is 11.0 Å². The average molecular weight is 449 g/mol. The van der Waals surface area contributed by atoms with Crippen molar-refractivity contribution in [2.45, 2.75) is 38.9 Å². The van der Waals surface area contributed by atoms with Gasteiger partial charge in [0.15, 0.2) is 0 Å². The lowest BCUT2D eigenvalue weighted by Gasteiger charge is -2.32. The molecule has 0 aliphatic carbocycles. The summed E-state index contributed by atoms with van der Waals surface area (Å²) in [6.07, 6.45) is 1.96. The van der Waals surface area contributed by atoms with Crippen molar-refractivity contribution in [1.29, 1.82) is 0 Å². The molecule has 0 spiro atoms. The maximum absolute atomic E-state index is 13.5. The number of nitrogens with one attached hydrogen (secondary N) is 1. The number of hydrogen-bond acceptors (Lipinski definition) is 3. The van der Waals surface area contributed by atoms with E-state index in [0.29, 0.717) is 15.5 Å². The third-order valence-corrected chi connectivity index (χ3v) is 5.62. The highest BCUT2D eigenvalue weighted by atomic mass is 79.9. The van der Waals surface area contributed by atoms with Crippen molar-refractivity contribution < 1.29 is 13.7 Å². The van der Waals surface area contributed by atoms with Crippen LogP contribution in [-0.4, -0.2) is 31.9 Å². The molecule has 23 heavy (non-hydrogen) atoms. The minimum Gasteiger partial charge on any atom is -0.400 e. The van der Waals surface area contributed by atoms with E-state index in [-0.39, 0.29) is 5.82 Å². The van der Waals surface area contributed by atoms with E-state index in [1.54, 1.807) is 0 Å². The van der Waals surface area contributed by atoms with E-state index in [1.807, 2.05) is 40.8 Å². The van der Waals surface area contributed by atoms with Gasteiger partial charge in [-0.05, 0) is 52.3 Å². The smallest absolute Gasteiger partial charge is 0.400 e. The first kappa shape index (κ1) is 19.1. The van der Waals surface area contributed by atoms with Gasteiger partial charge in [0.25, 0.3) is 0 Å². The van der Waals surface area contributed by atoms with Crippen LogP contribution in [0.15, 0.2) is 26.6 Å². The minimum atomic E-state index is -0.448. The topological polar surface area (TPSA) is 30.5 Å². The van der Waals surface area contributed by atoms with Crippen LogP contribution in [0.5, 0.6) is 0 Å². The van der Waals surface area contributed by atoms with Crippen molar-refractivity contribution in [2.75, 3.05) is 13.6 Å². The standard InChI is InChI=1S/C16H21BBr2FNO2/c1-15(2)16(3,4)23-17(22-15)10(9-21-5)6-12-13(18)7-11(20)8-14(12)19/h6-8,21H,9H2,1-5H3. The predicted octanol–water partition coefficient (Wildman–Crippen LogP) is 4.58. The molecule has 1 aromatic carbocycles. The molecule has 0 amide bonds. The Balaban J connectivity index is 2.41. The molecule has 1 aliphatic heterocycles. The van der Waals surface area contributed by atoms with Crippen LogP contribution in [0.4, 0.5) is 4.39 Å². The Kier molecular flexibility index (Phi) is 5.79. The molecule has 0 atom stereocenters. The Bertz CT molecular complexity index is 596. The lowest BCUT2D eigenvalue weighted by atomic mass is 9.77. The molecule has 0 bridgehead atoms. The average Bonchev–Trinajstić information content (AvgIpc) is 2.61. The maximum atomic E-state index is 13.5. The van der Waals surface area contributed by atoms with Gasteiger partial charge >= 0.3 is 7.12 Å². The molecule has 2 rings (SSSR count). The number of rotatable bonds is 4. The number of benzene rings is 1. The van der Waals surface area contributed by atoms with E-state index in [4.69, 9.17) is 9.31 Å². The number of halogens is 3. The summed E-state index contributed by atoms with van der Waals surface area (Å²) in [5.41, 5.74) is 0.995. The highest BCUT2D eigenvalue weighted by molar-refractivity contribution is 9.11. The van der Waals surface area contributed by atoms with Gasteiger partial charge in [0.05, 0.1) is 11.2 Å². The molecule has 126 valence electrons. The van der Waals surface area contributed by atoms with Crippen LogP contribution >= 0.6 is 31.9 Å². The quantitative estimate of drug-likeness (QED) is 0.684. The summed E-state index contributed by atoms with van der Waals surface area (Å²) in [5, 5.41) is 3.14. The summed E-state index contributed by atoms with van der Waals surface area (Å²) < 4.78 is 27.0. The summed E-state index contributed by atoms with van der Waals surface area (Å²) >= 11 is 6.83. The van der Waals surface area contributed by atoms with Gasteiger partial charge < -0.3 is 14.6 Å². The second kappa shape index (κ2) is 6.96. The molecule has 0 radical (unpaired) electrons. The lowest BCUT2D eigenvalue weighted by Crippen LogP contribution is -2.41. The van der Waals surface area contributed by atoms with Crippen molar-refractivity contribution in [3.05, 3.63) is 37.9 Å². The van der Waals surface area contributed by atoms with Crippen LogP contribution in [-0.2, 0) is 9.31 Å². The monoisotopic (exact) mass is 447 g/mol. The van der Waals surface area contributed by atoms with Gasteiger partial charge in [-0.3, -0.25) is 0 Å². The highest BCUT2D eigenvalue weighted by Gasteiger charge is 2.52. The molecular weight excluding hydrogens is 428 g/mol. The molecule has 1 aromatic rings. The Morgan fingerprint density at radius 1 is 1.17 bits per heavy atom. The van der Waals surface area contributed by atoms with Crippen molar-refractivity contribution in [1.82, 2.24) is 5.32 Å².